The molecule has 0 bridgehead atoms. The third kappa shape index (κ3) is 6.96. The average molecular weight is 418 g/mol. The number of thiophene rings is 1. The lowest BCUT2D eigenvalue weighted by molar-refractivity contribution is 0.152. The Morgan fingerprint density at radius 2 is 1.97 bits per heavy atom. The van der Waals surface area contributed by atoms with Crippen LogP contribution in [0, 0.1) is 0 Å². The van der Waals surface area contributed by atoms with E-state index in [9.17, 15) is 5.11 Å². The van der Waals surface area contributed by atoms with Crippen LogP contribution >= 0.6 is 11.3 Å². The van der Waals surface area contributed by atoms with Crippen molar-refractivity contribution < 1.29 is 5.11 Å². The molecule has 3 N–H and O–H groups in total. The van der Waals surface area contributed by atoms with Crippen molar-refractivity contribution in [3.8, 4) is 0 Å². The number of benzene rings is 1. The number of unbranched alkanes of at least 4 members (excludes halogenated alkanes) is 1. The van der Waals surface area contributed by atoms with Gasteiger partial charge in [0.15, 0.2) is 5.96 Å². The monoisotopic (exact) mass is 417 g/mol. The molecular weight excluding hydrogens is 382 g/mol. The zero-order valence-electron chi connectivity index (χ0n) is 17.7. The van der Waals surface area contributed by atoms with Crippen molar-refractivity contribution in [2.75, 3.05) is 59.4 Å². The predicted molar refractivity (Wildman–Crippen MR) is 124 cm³/mol. The highest BCUT2D eigenvalue weighted by Gasteiger charge is 2.13. The minimum Gasteiger partial charge on any atom is -0.386 e. The normalized spacial score (nSPS) is 17.6. The minimum absolute atomic E-state index is 0.365. The van der Waals surface area contributed by atoms with Crippen LogP contribution in [-0.4, -0.2) is 80.3 Å². The second kappa shape index (κ2) is 11.5. The summed E-state index contributed by atoms with van der Waals surface area (Å²) in [6.45, 7) is 10.0. The number of likely N-dealkylation sites (N-methyl/N-ethyl adjacent to an activating group) is 1. The summed E-state index contributed by atoms with van der Waals surface area (Å²) in [4.78, 5) is 10.5. The molecule has 1 aliphatic rings. The number of nitrogens with zero attached hydrogens (tertiary/aromatic N) is 3. The number of rotatable bonds is 9. The first-order valence-corrected chi connectivity index (χ1v) is 11.6. The van der Waals surface area contributed by atoms with E-state index in [4.69, 9.17) is 0 Å². The van der Waals surface area contributed by atoms with Crippen LogP contribution in [0.4, 0.5) is 0 Å². The SMILES string of the molecule is CCNC(=NCC(O)c1cc2ccccc2s1)NCCCCN1CCN(C)CC1. The van der Waals surface area contributed by atoms with Gasteiger partial charge in [0.25, 0.3) is 0 Å². The third-order valence-electron chi connectivity index (χ3n) is 5.33. The molecule has 2 aromatic rings. The van der Waals surface area contributed by atoms with Gasteiger partial charge in [-0.15, -0.1) is 11.3 Å². The second-order valence-corrected chi connectivity index (χ2v) is 8.82. The molecule has 29 heavy (non-hydrogen) atoms. The molecule has 1 unspecified atom stereocenters. The van der Waals surface area contributed by atoms with Crippen molar-refractivity contribution >= 4 is 27.4 Å². The summed E-state index contributed by atoms with van der Waals surface area (Å²) in [5, 5.41) is 18.4. The molecule has 1 fully saturated rings. The van der Waals surface area contributed by atoms with Crippen LogP contribution in [0.3, 0.4) is 0 Å². The molecule has 1 aliphatic heterocycles. The maximum Gasteiger partial charge on any atom is 0.191 e. The number of aliphatic hydroxyl groups is 1. The van der Waals surface area contributed by atoms with Crippen molar-refractivity contribution in [2.45, 2.75) is 25.9 Å². The molecule has 0 saturated carbocycles. The molecule has 1 aromatic carbocycles. The summed E-state index contributed by atoms with van der Waals surface area (Å²) in [5.74, 6) is 0.784. The van der Waals surface area contributed by atoms with E-state index in [-0.39, 0.29) is 0 Å². The van der Waals surface area contributed by atoms with Crippen molar-refractivity contribution in [3.05, 3.63) is 35.2 Å². The molecule has 2 heterocycles. The Labute approximate surface area is 178 Å². The van der Waals surface area contributed by atoms with Crippen LogP contribution in [0.25, 0.3) is 10.1 Å². The molecule has 1 aromatic heterocycles. The number of nitrogens with one attached hydrogen (secondary N) is 2. The van der Waals surface area contributed by atoms with Gasteiger partial charge in [0.2, 0.25) is 0 Å². The van der Waals surface area contributed by atoms with E-state index < -0.39 is 6.10 Å². The highest BCUT2D eigenvalue weighted by Crippen LogP contribution is 2.29. The average Bonchev–Trinajstić information content (AvgIpc) is 3.17. The van der Waals surface area contributed by atoms with Crippen LogP contribution in [0.5, 0.6) is 0 Å². The van der Waals surface area contributed by atoms with Crippen LogP contribution in [0.15, 0.2) is 35.3 Å². The lowest BCUT2D eigenvalue weighted by Crippen LogP contribution is -2.44. The maximum absolute atomic E-state index is 10.6. The third-order valence-corrected chi connectivity index (χ3v) is 6.55. The van der Waals surface area contributed by atoms with Crippen molar-refractivity contribution in [1.82, 2.24) is 20.4 Å². The predicted octanol–water partition coefficient (Wildman–Crippen LogP) is 2.52. The first-order chi connectivity index (χ1) is 14.2. The number of hydrogen-bond acceptors (Lipinski definition) is 5. The standard InChI is InChI=1S/C22H35N5OS/c1-3-23-22(24-10-6-7-11-27-14-12-26(2)13-15-27)25-17-19(28)21-16-18-8-4-5-9-20(18)29-21/h4-5,8-9,16,19,28H,3,6-7,10-15,17H2,1-2H3,(H2,23,24,25). The van der Waals surface area contributed by atoms with Gasteiger partial charge in [0, 0.05) is 48.8 Å². The van der Waals surface area contributed by atoms with E-state index in [1.807, 2.05) is 12.1 Å². The highest BCUT2D eigenvalue weighted by atomic mass is 32.1. The van der Waals surface area contributed by atoms with E-state index in [1.54, 1.807) is 11.3 Å². The van der Waals surface area contributed by atoms with Crippen molar-refractivity contribution in [1.29, 1.82) is 0 Å². The van der Waals surface area contributed by atoms with Crippen molar-refractivity contribution in [2.24, 2.45) is 4.99 Å². The maximum atomic E-state index is 10.6. The Hall–Kier alpha value is -1.67. The van der Waals surface area contributed by atoms with Gasteiger partial charge in [-0.2, -0.15) is 0 Å². The number of fused-ring (bicyclic) bond motifs is 1. The molecule has 0 spiro atoms. The molecule has 0 radical (unpaired) electrons. The first-order valence-electron chi connectivity index (χ1n) is 10.8. The zero-order chi connectivity index (χ0) is 20.5. The smallest absolute Gasteiger partial charge is 0.191 e. The van der Waals surface area contributed by atoms with Gasteiger partial charge in [-0.05, 0) is 50.9 Å². The fourth-order valence-corrected chi connectivity index (χ4v) is 4.56. The van der Waals surface area contributed by atoms with Gasteiger partial charge in [-0.3, -0.25) is 4.99 Å². The van der Waals surface area contributed by atoms with E-state index in [0.717, 1.165) is 30.3 Å². The second-order valence-electron chi connectivity index (χ2n) is 7.70. The fourth-order valence-electron chi connectivity index (χ4n) is 3.51. The Kier molecular flexibility index (Phi) is 8.73. The van der Waals surface area contributed by atoms with Gasteiger partial charge in [0.1, 0.15) is 6.10 Å². The quantitative estimate of drug-likeness (QED) is 0.332. The first kappa shape index (κ1) is 22.0. The molecule has 7 heteroatoms. The number of aliphatic imine (C=N–C) groups is 1. The van der Waals surface area contributed by atoms with E-state index in [0.29, 0.717) is 6.54 Å². The number of piperazine rings is 1. The fraction of sp³-hybridized carbons (Fsp3) is 0.591. The molecule has 3 rings (SSSR count). The molecule has 1 atom stereocenters. The topological polar surface area (TPSA) is 63.1 Å². The number of guanidine groups is 1. The molecule has 6 nitrogen and oxygen atoms in total. The van der Waals surface area contributed by atoms with E-state index in [2.05, 4.69) is 57.6 Å². The molecular formula is C22H35N5OS. The highest BCUT2D eigenvalue weighted by molar-refractivity contribution is 7.19. The van der Waals surface area contributed by atoms with Crippen LogP contribution in [0.1, 0.15) is 30.7 Å². The van der Waals surface area contributed by atoms with Crippen LogP contribution in [0.2, 0.25) is 0 Å². The summed E-state index contributed by atoms with van der Waals surface area (Å²) in [6.07, 6.45) is 1.75. The van der Waals surface area contributed by atoms with Gasteiger partial charge in [-0.1, -0.05) is 18.2 Å². The molecule has 0 amide bonds. The molecule has 160 valence electrons. The summed E-state index contributed by atoms with van der Waals surface area (Å²) < 4.78 is 1.20. The number of hydrogen-bond donors (Lipinski definition) is 3. The van der Waals surface area contributed by atoms with Crippen LogP contribution < -0.4 is 10.6 Å². The molecule has 0 aliphatic carbocycles. The van der Waals surface area contributed by atoms with Crippen LogP contribution in [-0.2, 0) is 0 Å². The Morgan fingerprint density at radius 1 is 1.17 bits per heavy atom. The largest absolute Gasteiger partial charge is 0.386 e. The number of aliphatic hydroxyl groups excluding tert-OH is 1. The van der Waals surface area contributed by atoms with E-state index >= 15 is 0 Å². The lowest BCUT2D eigenvalue weighted by Gasteiger charge is -2.32. The van der Waals surface area contributed by atoms with Gasteiger partial charge < -0.3 is 25.5 Å². The zero-order valence-corrected chi connectivity index (χ0v) is 18.5. The summed E-state index contributed by atoms with van der Waals surface area (Å²) in [5.41, 5.74) is 0. The molecule has 1 saturated heterocycles. The Bertz CT molecular complexity index is 736. The van der Waals surface area contributed by atoms with Gasteiger partial charge >= 0.3 is 0 Å². The lowest BCUT2D eigenvalue weighted by atomic mass is 10.2. The summed E-state index contributed by atoms with van der Waals surface area (Å²) in [6, 6.07) is 10.3. The van der Waals surface area contributed by atoms with E-state index in [1.165, 1.54) is 49.2 Å². The summed E-state index contributed by atoms with van der Waals surface area (Å²) >= 11 is 1.64. The van der Waals surface area contributed by atoms with Crippen molar-refractivity contribution in [3.63, 3.8) is 0 Å². The summed E-state index contributed by atoms with van der Waals surface area (Å²) in [7, 11) is 2.20. The minimum atomic E-state index is -0.569. The van der Waals surface area contributed by atoms with Gasteiger partial charge in [0.05, 0.1) is 6.54 Å². The Morgan fingerprint density at radius 3 is 2.72 bits per heavy atom. The Balaban J connectivity index is 1.40. The van der Waals surface area contributed by atoms with Gasteiger partial charge in [-0.25, -0.2) is 0 Å².